The van der Waals surface area contributed by atoms with Gasteiger partial charge in [0.25, 0.3) is 0 Å². The van der Waals surface area contributed by atoms with Crippen molar-refractivity contribution in [3.05, 3.63) is 60.8 Å². The monoisotopic (exact) mass is 753 g/mol. The van der Waals surface area contributed by atoms with Gasteiger partial charge in [-0.05, 0) is 70.6 Å². The van der Waals surface area contributed by atoms with Crippen molar-refractivity contribution in [2.75, 3.05) is 19.8 Å². The molecule has 0 amide bonds. The van der Waals surface area contributed by atoms with Crippen LogP contribution in [-0.4, -0.2) is 59.9 Å². The normalized spacial score (nSPS) is 14.5. The maximum absolute atomic E-state index is 12.5. The Labute approximate surface area is 313 Å². The van der Waals surface area contributed by atoms with E-state index >= 15 is 0 Å². The molecular weight excluding hydrogens is 685 g/mol. The molecule has 0 saturated carbocycles. The summed E-state index contributed by atoms with van der Waals surface area (Å²) in [6.07, 6.45) is 38.7. The number of carbonyl (C=O) groups excluding carboxylic acids is 2. The number of phosphoric acid groups is 1. The van der Waals surface area contributed by atoms with Gasteiger partial charge in [-0.1, -0.05) is 120 Å². The van der Waals surface area contributed by atoms with Crippen molar-refractivity contribution in [2.45, 2.75) is 154 Å². The minimum Gasteiger partial charge on any atom is -0.480 e. The van der Waals surface area contributed by atoms with Crippen molar-refractivity contribution >= 4 is 25.7 Å². The van der Waals surface area contributed by atoms with E-state index in [0.717, 1.165) is 64.2 Å². The molecule has 0 spiro atoms. The first-order valence-electron chi connectivity index (χ1n) is 19.3. The van der Waals surface area contributed by atoms with Crippen LogP contribution in [0.5, 0.6) is 0 Å². The molecule has 3 atom stereocenters. The highest BCUT2D eigenvalue weighted by Crippen LogP contribution is 2.43. The van der Waals surface area contributed by atoms with E-state index in [2.05, 4.69) is 67.0 Å². The summed E-state index contributed by atoms with van der Waals surface area (Å²) in [5, 5.41) is 8.85. The molecule has 0 radical (unpaired) electrons. The maximum atomic E-state index is 12.5. The highest BCUT2D eigenvalue weighted by Gasteiger charge is 2.28. The molecule has 0 heterocycles. The van der Waals surface area contributed by atoms with Crippen LogP contribution in [0.1, 0.15) is 142 Å². The summed E-state index contributed by atoms with van der Waals surface area (Å²) >= 11 is 0. The van der Waals surface area contributed by atoms with Gasteiger partial charge in [0.1, 0.15) is 12.6 Å². The summed E-state index contributed by atoms with van der Waals surface area (Å²) in [6, 6.07) is -1.53. The number of carbonyl (C=O) groups is 3. The summed E-state index contributed by atoms with van der Waals surface area (Å²) < 4.78 is 32.5. The van der Waals surface area contributed by atoms with E-state index in [4.69, 9.17) is 24.8 Å². The molecule has 0 aliphatic carbocycles. The van der Waals surface area contributed by atoms with Gasteiger partial charge in [0.2, 0.25) is 0 Å². The van der Waals surface area contributed by atoms with Crippen LogP contribution in [0.3, 0.4) is 0 Å². The number of aliphatic carboxylic acids is 1. The van der Waals surface area contributed by atoms with Crippen molar-refractivity contribution in [1.82, 2.24) is 0 Å². The fourth-order valence-electron chi connectivity index (χ4n) is 4.62. The van der Waals surface area contributed by atoms with Crippen LogP contribution in [0.2, 0.25) is 0 Å². The van der Waals surface area contributed by atoms with Gasteiger partial charge in [0.15, 0.2) is 6.10 Å². The minimum absolute atomic E-state index is 0.136. The second-order valence-electron chi connectivity index (χ2n) is 12.7. The van der Waals surface area contributed by atoms with E-state index in [1.165, 1.54) is 32.1 Å². The lowest BCUT2D eigenvalue weighted by atomic mass is 10.1. The average molecular weight is 754 g/mol. The van der Waals surface area contributed by atoms with Gasteiger partial charge in [0, 0.05) is 12.8 Å². The lowest BCUT2D eigenvalue weighted by Crippen LogP contribution is -2.34. The van der Waals surface area contributed by atoms with Crippen LogP contribution in [0.15, 0.2) is 60.8 Å². The van der Waals surface area contributed by atoms with E-state index in [0.29, 0.717) is 19.3 Å². The van der Waals surface area contributed by atoms with Crippen LogP contribution in [0, 0.1) is 0 Å². The van der Waals surface area contributed by atoms with E-state index < -0.39 is 51.1 Å². The number of rotatable bonds is 35. The van der Waals surface area contributed by atoms with Gasteiger partial charge in [-0.3, -0.25) is 23.4 Å². The zero-order valence-corrected chi connectivity index (χ0v) is 32.8. The predicted molar refractivity (Wildman–Crippen MR) is 208 cm³/mol. The first kappa shape index (κ1) is 49.2. The summed E-state index contributed by atoms with van der Waals surface area (Å²) in [6.45, 7) is 2.63. The van der Waals surface area contributed by atoms with Crippen molar-refractivity contribution in [3.63, 3.8) is 0 Å². The summed E-state index contributed by atoms with van der Waals surface area (Å²) in [5.74, 6) is -2.47. The van der Waals surface area contributed by atoms with Gasteiger partial charge in [-0.15, -0.1) is 0 Å². The van der Waals surface area contributed by atoms with Gasteiger partial charge in [0.05, 0.1) is 13.2 Å². The Hall–Kier alpha value is -2.82. The second-order valence-corrected chi connectivity index (χ2v) is 14.2. The number of allylic oxidation sites excluding steroid dienone is 10. The highest BCUT2D eigenvalue weighted by molar-refractivity contribution is 7.47. The number of esters is 2. The SMILES string of the molecule is CCCC/C=C/CCCCCCCC(=O)O[C@@H](COC(=O)CCC/C=C/C/C=C/C/C=C/C/C=C/CCCCC)COP(=O)(O)OC[C@@H](N)C(=O)O. The first-order chi connectivity index (χ1) is 25.1. The molecule has 0 fully saturated rings. The van der Waals surface area contributed by atoms with E-state index in [9.17, 15) is 23.8 Å². The lowest BCUT2D eigenvalue weighted by molar-refractivity contribution is -0.161. The third kappa shape index (κ3) is 34.3. The van der Waals surface area contributed by atoms with Crippen LogP contribution in [0.4, 0.5) is 0 Å². The summed E-state index contributed by atoms with van der Waals surface area (Å²) in [7, 11) is -4.73. The highest BCUT2D eigenvalue weighted by atomic mass is 31.2. The Morgan fingerprint density at radius 2 is 1.06 bits per heavy atom. The zero-order valence-electron chi connectivity index (χ0n) is 31.9. The molecule has 0 aromatic heterocycles. The Morgan fingerprint density at radius 3 is 1.65 bits per heavy atom. The molecule has 12 heteroatoms. The molecule has 0 saturated heterocycles. The zero-order chi connectivity index (χ0) is 38.5. The molecule has 11 nitrogen and oxygen atoms in total. The molecule has 0 rings (SSSR count). The van der Waals surface area contributed by atoms with E-state index in [1.807, 2.05) is 12.2 Å². The standard InChI is InChI=1S/C40H68NO10P/c1-3-5-7-9-11-13-15-16-17-18-19-20-22-23-25-27-29-31-38(42)48-33-36(34-49-52(46,47)50-35-37(41)40(44)45)51-39(43)32-30-28-26-24-21-14-12-10-8-6-4-2/h10-13,16-17,19-20,23,25,36-37H,3-9,14-15,18,21-22,24,26-35,41H2,1-2H3,(H,44,45)(H,46,47)/b12-10+,13-11+,17-16+,20-19+,25-23+/t36-,37+/m0/s1. The number of carboxylic acid groups (broad SMARTS) is 1. The molecule has 1 unspecified atom stereocenters. The third-order valence-corrected chi connectivity index (χ3v) is 8.69. The molecule has 0 aliphatic rings. The van der Waals surface area contributed by atoms with Crippen molar-refractivity contribution in [2.24, 2.45) is 5.73 Å². The maximum Gasteiger partial charge on any atom is 0.472 e. The van der Waals surface area contributed by atoms with Crippen LogP contribution < -0.4 is 5.73 Å². The summed E-state index contributed by atoms with van der Waals surface area (Å²) in [4.78, 5) is 45.7. The Bertz CT molecular complexity index is 1120. The van der Waals surface area contributed by atoms with E-state index in [-0.39, 0.29) is 19.4 Å². The number of unbranched alkanes of at least 4 members (excludes halogenated alkanes) is 11. The molecule has 0 aromatic rings. The number of phosphoric ester groups is 1. The number of hydrogen-bond donors (Lipinski definition) is 3. The topological polar surface area (TPSA) is 172 Å². The lowest BCUT2D eigenvalue weighted by Gasteiger charge is -2.20. The molecule has 298 valence electrons. The largest absolute Gasteiger partial charge is 0.480 e. The van der Waals surface area contributed by atoms with Crippen molar-refractivity contribution in [3.8, 4) is 0 Å². The first-order valence-corrected chi connectivity index (χ1v) is 20.8. The minimum atomic E-state index is -4.73. The number of hydrogen-bond acceptors (Lipinski definition) is 9. The van der Waals surface area contributed by atoms with E-state index in [1.54, 1.807) is 0 Å². The Kier molecular flexibility index (Phi) is 33.3. The van der Waals surface area contributed by atoms with Gasteiger partial charge >= 0.3 is 25.7 Å². The number of ether oxygens (including phenoxy) is 2. The van der Waals surface area contributed by atoms with Crippen LogP contribution >= 0.6 is 7.82 Å². The van der Waals surface area contributed by atoms with Crippen molar-refractivity contribution in [1.29, 1.82) is 0 Å². The summed E-state index contributed by atoms with van der Waals surface area (Å²) in [5.41, 5.74) is 5.31. The second kappa shape index (κ2) is 35.2. The molecule has 0 bridgehead atoms. The molecule has 52 heavy (non-hydrogen) atoms. The molecule has 0 aliphatic heterocycles. The average Bonchev–Trinajstić information content (AvgIpc) is 3.12. The molecule has 0 aromatic carbocycles. The number of carboxylic acids is 1. The number of nitrogens with two attached hydrogens (primary N) is 1. The van der Waals surface area contributed by atoms with Crippen LogP contribution in [0.25, 0.3) is 0 Å². The third-order valence-electron chi connectivity index (χ3n) is 7.74. The van der Waals surface area contributed by atoms with Crippen molar-refractivity contribution < 1.29 is 47.5 Å². The van der Waals surface area contributed by atoms with Gasteiger partial charge in [-0.25, -0.2) is 4.57 Å². The Morgan fingerprint density at radius 1 is 0.596 bits per heavy atom. The fourth-order valence-corrected chi connectivity index (χ4v) is 5.40. The predicted octanol–water partition coefficient (Wildman–Crippen LogP) is 9.61. The van der Waals surface area contributed by atoms with Crippen LogP contribution in [-0.2, 0) is 37.5 Å². The Balaban J connectivity index is 4.54. The molecular formula is C40H68NO10P. The molecule has 4 N–H and O–H groups in total. The van der Waals surface area contributed by atoms with Gasteiger partial charge in [-0.2, -0.15) is 0 Å². The fraction of sp³-hybridized carbons (Fsp3) is 0.675. The quantitative estimate of drug-likeness (QED) is 0.0244. The smallest absolute Gasteiger partial charge is 0.472 e. The van der Waals surface area contributed by atoms with Gasteiger partial charge < -0.3 is 25.2 Å².